The number of amides is 3. The lowest BCUT2D eigenvalue weighted by atomic mass is 10.0. The molecule has 0 radical (unpaired) electrons. The van der Waals surface area contributed by atoms with E-state index in [0.717, 1.165) is 22.5 Å². The van der Waals surface area contributed by atoms with E-state index in [-0.39, 0.29) is 28.5 Å². The number of benzene rings is 3. The average Bonchev–Trinajstić information content (AvgIpc) is 3.55. The van der Waals surface area contributed by atoms with E-state index in [9.17, 15) is 19.2 Å². The number of nitrogens with zero attached hydrogens (tertiary/aromatic N) is 2. The van der Waals surface area contributed by atoms with Gasteiger partial charge in [0.05, 0.1) is 14.9 Å². The van der Waals surface area contributed by atoms with Crippen molar-refractivity contribution in [2.24, 2.45) is 0 Å². The Bertz CT molecular complexity index is 1870. The lowest BCUT2D eigenvalue weighted by Crippen LogP contribution is -2.65. The number of fused-ring (bicyclic) bond motifs is 1. The number of anilines is 1. The van der Waals surface area contributed by atoms with Gasteiger partial charge in [0.25, 0.3) is 0 Å². The van der Waals surface area contributed by atoms with Gasteiger partial charge < -0.3 is 15.4 Å². The van der Waals surface area contributed by atoms with Gasteiger partial charge in [0.2, 0.25) is 17.7 Å². The molecule has 1 fully saturated rings. The minimum atomic E-state index is -0.807. The molecule has 2 N–H and O–H groups in total. The molecule has 3 amide bonds. The highest BCUT2D eigenvalue weighted by atomic mass is 35.5. The Hall–Kier alpha value is -3.52. The van der Waals surface area contributed by atoms with Crippen molar-refractivity contribution in [3.8, 4) is 0 Å². The molecule has 3 aromatic carbocycles. The fourth-order valence-corrected chi connectivity index (χ4v) is 9.50. The zero-order valence-electron chi connectivity index (χ0n) is 24.9. The monoisotopic (exact) mass is 758 g/mol. The minimum Gasteiger partial charge on any atom is -0.448 e. The maximum absolute atomic E-state index is 14.5. The first kappa shape index (κ1) is 34.3. The van der Waals surface area contributed by atoms with Gasteiger partial charge in [-0.1, -0.05) is 95.2 Å². The number of rotatable bonds is 10. The third kappa shape index (κ3) is 7.24. The number of aromatic nitrogens is 1. The number of hydrogen-bond donors (Lipinski definition) is 2. The highest BCUT2D eigenvalue weighted by molar-refractivity contribution is 8.05. The van der Waals surface area contributed by atoms with Crippen LogP contribution in [0.15, 0.2) is 95.7 Å². The second kappa shape index (κ2) is 14.9. The molecule has 3 unspecified atom stereocenters. The minimum absolute atomic E-state index is 0.0239. The second-order valence-corrected chi connectivity index (χ2v) is 15.1. The summed E-state index contributed by atoms with van der Waals surface area (Å²) in [6.45, 7) is 1.37. The number of hydrogen-bond acceptors (Lipinski definition) is 9. The molecule has 6 rings (SSSR count). The smallest absolute Gasteiger partial charge is 0.356 e. The van der Waals surface area contributed by atoms with E-state index in [2.05, 4.69) is 15.6 Å². The van der Waals surface area contributed by atoms with E-state index in [4.69, 9.17) is 39.5 Å². The summed E-state index contributed by atoms with van der Waals surface area (Å²) in [7, 11) is 0. The number of alkyl halides is 1. The Balaban J connectivity index is 1.45. The van der Waals surface area contributed by atoms with E-state index in [0.29, 0.717) is 25.4 Å². The summed E-state index contributed by atoms with van der Waals surface area (Å²) in [5.74, 6) is -2.18. The molecule has 15 heteroatoms. The van der Waals surface area contributed by atoms with Crippen LogP contribution >= 0.6 is 69.7 Å². The van der Waals surface area contributed by atoms with Crippen LogP contribution in [0.2, 0.25) is 10.0 Å². The van der Waals surface area contributed by atoms with Crippen molar-refractivity contribution >= 4 is 104 Å². The van der Waals surface area contributed by atoms with Crippen LogP contribution in [0.1, 0.15) is 29.0 Å². The first-order valence-electron chi connectivity index (χ1n) is 14.4. The van der Waals surface area contributed by atoms with Crippen LogP contribution in [0, 0.1) is 0 Å². The molecular weight excluding hydrogens is 735 g/mol. The summed E-state index contributed by atoms with van der Waals surface area (Å²) in [5, 5.41) is 4.56. The average molecular weight is 760 g/mol. The van der Waals surface area contributed by atoms with Gasteiger partial charge in [-0.05, 0) is 29.3 Å². The van der Waals surface area contributed by atoms with Gasteiger partial charge in [0.1, 0.15) is 27.6 Å². The van der Waals surface area contributed by atoms with Crippen molar-refractivity contribution in [3.05, 3.63) is 117 Å². The highest BCUT2D eigenvalue weighted by Crippen LogP contribution is 2.52. The van der Waals surface area contributed by atoms with Crippen molar-refractivity contribution in [1.29, 1.82) is 0 Å². The van der Waals surface area contributed by atoms with E-state index in [1.54, 1.807) is 18.2 Å². The molecule has 0 aliphatic carbocycles. The van der Waals surface area contributed by atoms with Gasteiger partial charge in [-0.2, -0.15) is 0 Å². The van der Waals surface area contributed by atoms with Gasteiger partial charge in [0, 0.05) is 23.6 Å². The Kier molecular flexibility index (Phi) is 10.7. The van der Waals surface area contributed by atoms with Crippen LogP contribution < -0.4 is 10.6 Å². The summed E-state index contributed by atoms with van der Waals surface area (Å²) < 4.78 is 6.28. The van der Waals surface area contributed by atoms with E-state index in [1.807, 2.05) is 60.7 Å². The summed E-state index contributed by atoms with van der Waals surface area (Å²) >= 11 is 21.7. The number of ether oxygens (including phenoxy) is 1. The van der Waals surface area contributed by atoms with Crippen LogP contribution in [0.25, 0.3) is 5.57 Å². The third-order valence-corrected chi connectivity index (χ3v) is 12.0. The number of β-lactam (4-membered cyclic amide) rings is 1. The number of thiazole rings is 1. The summed E-state index contributed by atoms with van der Waals surface area (Å²) in [4.78, 5) is 60.0. The first-order valence-corrected chi connectivity index (χ1v) is 18.3. The number of nitrogens with one attached hydrogen (secondary N) is 2. The Morgan fingerprint density at radius 2 is 1.67 bits per heavy atom. The molecule has 246 valence electrons. The molecule has 3 heterocycles. The topological polar surface area (TPSA) is 118 Å². The second-order valence-electron chi connectivity index (χ2n) is 10.5. The molecule has 48 heavy (non-hydrogen) atoms. The fraction of sp³-hybridized carbons (Fsp3) is 0.182. The number of carbonyl (C=O) groups excluding carboxylic acids is 4. The van der Waals surface area contributed by atoms with Crippen molar-refractivity contribution in [3.63, 3.8) is 0 Å². The van der Waals surface area contributed by atoms with Crippen molar-refractivity contribution in [1.82, 2.24) is 15.2 Å². The quantitative estimate of drug-likeness (QED) is 0.0991. The number of thioether (sulfide) groups is 2. The molecule has 0 bridgehead atoms. The number of carbonyl (C=O) groups is 4. The number of esters is 1. The predicted molar refractivity (Wildman–Crippen MR) is 191 cm³/mol. The molecule has 0 spiro atoms. The Labute approximate surface area is 303 Å². The molecule has 4 aromatic rings. The van der Waals surface area contributed by atoms with Crippen molar-refractivity contribution in [2.75, 3.05) is 11.2 Å². The molecular formula is C33H25Cl3N4O5S3. The molecule has 3 atom stereocenters. The van der Waals surface area contributed by atoms with E-state index < -0.39 is 34.0 Å². The van der Waals surface area contributed by atoms with Crippen LogP contribution in [-0.4, -0.2) is 55.5 Å². The zero-order valence-corrected chi connectivity index (χ0v) is 29.6. The van der Waals surface area contributed by atoms with Crippen molar-refractivity contribution in [2.45, 2.75) is 33.9 Å². The normalized spacial score (nSPS) is 18.6. The Morgan fingerprint density at radius 3 is 2.27 bits per heavy atom. The molecule has 2 aliphatic heterocycles. The zero-order chi connectivity index (χ0) is 33.9. The van der Waals surface area contributed by atoms with Crippen LogP contribution in [0.3, 0.4) is 0 Å². The van der Waals surface area contributed by atoms with Crippen LogP contribution in [0.5, 0.6) is 0 Å². The van der Waals surface area contributed by atoms with Gasteiger partial charge in [-0.15, -0.1) is 35.1 Å². The predicted octanol–water partition coefficient (Wildman–Crippen LogP) is 7.21. The van der Waals surface area contributed by atoms with Crippen LogP contribution in [-0.2, 0) is 23.9 Å². The molecule has 9 nitrogen and oxygen atoms in total. The highest BCUT2D eigenvalue weighted by Gasteiger charge is 2.57. The van der Waals surface area contributed by atoms with Crippen molar-refractivity contribution < 1.29 is 23.9 Å². The van der Waals surface area contributed by atoms with Gasteiger partial charge in [-0.3, -0.25) is 19.3 Å². The molecule has 1 saturated heterocycles. The maximum Gasteiger partial charge on any atom is 0.356 e. The van der Waals surface area contributed by atoms with Gasteiger partial charge in [0.15, 0.2) is 11.2 Å². The van der Waals surface area contributed by atoms with Gasteiger partial charge in [-0.25, -0.2) is 9.78 Å². The molecule has 1 aromatic heterocycles. The Morgan fingerprint density at radius 1 is 1.00 bits per heavy atom. The molecule has 0 saturated carbocycles. The van der Waals surface area contributed by atoms with Gasteiger partial charge >= 0.3 is 5.97 Å². The lowest BCUT2D eigenvalue weighted by molar-refractivity contribution is -0.151. The summed E-state index contributed by atoms with van der Waals surface area (Å²) in [6.07, 6.45) is 0.670. The SMILES string of the molecule is CC(=O)NC1SC2C(Sc3ccc(Cl)c(Cl)c3)C(=O)N2C(C(=O)OC(c2ccccc2)c2ccccc2)=C1c1cnc(NC(=O)CCl)s1. The number of halogens is 3. The summed E-state index contributed by atoms with van der Waals surface area (Å²) in [6, 6.07) is 23.6. The third-order valence-electron chi connectivity index (χ3n) is 7.28. The maximum atomic E-state index is 14.5. The van der Waals surface area contributed by atoms with E-state index >= 15 is 0 Å². The summed E-state index contributed by atoms with van der Waals surface area (Å²) in [5.41, 5.74) is 1.76. The molecule has 2 aliphatic rings. The fourth-order valence-electron chi connectivity index (χ4n) is 5.18. The first-order chi connectivity index (χ1) is 23.1. The standard InChI is InChI=1S/C33H25Cl3N4O5S3/c1-17(41)38-29-25(23-16-37-33(47-23)39-24(42)15-34)26(32(44)45-27(18-8-4-2-5-9-18)19-10-6-3-7-11-19)40-30(43)28(31(40)48-29)46-20-12-13-21(35)22(36)14-20/h2-14,16,27-29,31H,15H2,1H3,(H,38,41)(H,37,39,42). The largest absolute Gasteiger partial charge is 0.448 e. The van der Waals surface area contributed by atoms with Crippen LogP contribution in [0.4, 0.5) is 5.13 Å². The van der Waals surface area contributed by atoms with E-state index in [1.165, 1.54) is 41.5 Å². The lowest BCUT2D eigenvalue weighted by Gasteiger charge is -2.51.